The van der Waals surface area contributed by atoms with Crippen LogP contribution in [0.2, 0.25) is 0 Å². The molecule has 72 valence electrons. The molecule has 0 amide bonds. The molecule has 0 aromatic heterocycles. The van der Waals surface area contributed by atoms with Crippen molar-refractivity contribution in [2.45, 2.75) is 0 Å². The van der Waals surface area contributed by atoms with Gasteiger partial charge in [0.25, 0.3) is 0 Å². The highest BCUT2D eigenvalue weighted by Gasteiger charge is 1.95. The van der Waals surface area contributed by atoms with Crippen LogP contribution in [-0.4, -0.2) is 23.8 Å². The number of hydrogen-bond donors (Lipinski definition) is 0. The molecule has 1 aromatic rings. The van der Waals surface area contributed by atoms with Crippen molar-refractivity contribution in [1.82, 2.24) is 0 Å². The Morgan fingerprint density at radius 3 is 2.62 bits per heavy atom. The number of methoxy groups -OCH3 is 1. The number of nitrogens with zero attached hydrogens (tertiary/aromatic N) is 1. The summed E-state index contributed by atoms with van der Waals surface area (Å²) in [6, 6.07) is 7.21. The molecular weight excluding hydrogens is 186 g/mol. The monoisotopic (exact) mass is 199 g/mol. The van der Waals surface area contributed by atoms with Gasteiger partial charge in [0.2, 0.25) is 0 Å². The van der Waals surface area contributed by atoms with E-state index in [1.807, 2.05) is 12.1 Å². The van der Waals surface area contributed by atoms with Crippen LogP contribution in [0.25, 0.3) is 0 Å². The van der Waals surface area contributed by atoms with Gasteiger partial charge in [-0.05, 0) is 12.1 Å². The summed E-state index contributed by atoms with van der Waals surface area (Å²) in [4.78, 5) is 0. The molecule has 0 spiro atoms. The predicted molar refractivity (Wildman–Crippen MR) is 55.1 cm³/mol. The van der Waals surface area contributed by atoms with Crippen LogP contribution in [0.3, 0.4) is 0 Å². The van der Waals surface area contributed by atoms with Crippen LogP contribution in [0.5, 0.6) is 5.75 Å². The normalized spacial score (nSPS) is 11.0. The van der Waals surface area contributed by atoms with Gasteiger partial charge in [-0.25, -0.2) is 4.21 Å². The van der Waals surface area contributed by atoms with E-state index in [0.29, 0.717) is 5.69 Å². The van der Waals surface area contributed by atoms with Crippen LogP contribution in [0.1, 0.15) is 0 Å². The van der Waals surface area contributed by atoms with Gasteiger partial charge in [-0.3, -0.25) is 0 Å². The second-order valence-electron chi connectivity index (χ2n) is 2.97. The van der Waals surface area contributed by atoms with E-state index in [-0.39, 0.29) is 0 Å². The standard InChI is InChI=1S/C9H13NO2S/c1-12-9-6-4-5-8(7-9)10-13(2,3)11/h4-7H,1-3H3. The van der Waals surface area contributed by atoms with Gasteiger partial charge in [0.05, 0.1) is 12.8 Å². The fourth-order valence-corrected chi connectivity index (χ4v) is 1.54. The lowest BCUT2D eigenvalue weighted by molar-refractivity contribution is 0.415. The molecule has 1 rings (SSSR count). The van der Waals surface area contributed by atoms with Crippen molar-refractivity contribution in [3.63, 3.8) is 0 Å². The van der Waals surface area contributed by atoms with E-state index in [9.17, 15) is 4.21 Å². The highest BCUT2D eigenvalue weighted by molar-refractivity contribution is 7.92. The summed E-state index contributed by atoms with van der Waals surface area (Å²) >= 11 is 0. The van der Waals surface area contributed by atoms with Crippen molar-refractivity contribution in [2.24, 2.45) is 4.36 Å². The van der Waals surface area contributed by atoms with E-state index in [2.05, 4.69) is 4.36 Å². The summed E-state index contributed by atoms with van der Waals surface area (Å²) in [6.45, 7) is 0. The van der Waals surface area contributed by atoms with Crippen molar-refractivity contribution >= 4 is 15.4 Å². The summed E-state index contributed by atoms with van der Waals surface area (Å²) in [5.74, 6) is 0.727. The molecule has 13 heavy (non-hydrogen) atoms. The molecule has 0 heterocycles. The Hall–Kier alpha value is -1.03. The van der Waals surface area contributed by atoms with E-state index in [1.54, 1.807) is 31.8 Å². The zero-order valence-corrected chi connectivity index (χ0v) is 8.80. The number of ether oxygens (including phenoxy) is 1. The summed E-state index contributed by atoms with van der Waals surface area (Å²) in [7, 11) is -0.491. The number of benzene rings is 1. The molecule has 0 fully saturated rings. The van der Waals surface area contributed by atoms with Gasteiger partial charge in [-0.2, -0.15) is 4.36 Å². The van der Waals surface area contributed by atoms with Crippen molar-refractivity contribution in [1.29, 1.82) is 0 Å². The van der Waals surface area contributed by atoms with Crippen LogP contribution in [0, 0.1) is 0 Å². The molecular formula is C9H13NO2S. The Bertz CT molecular complexity index is 398. The molecule has 4 heteroatoms. The smallest absolute Gasteiger partial charge is 0.121 e. The molecule has 0 bridgehead atoms. The first kappa shape index (κ1) is 10.1. The van der Waals surface area contributed by atoms with Gasteiger partial charge < -0.3 is 4.74 Å². The largest absolute Gasteiger partial charge is 0.497 e. The maximum Gasteiger partial charge on any atom is 0.121 e. The first-order valence-corrected chi connectivity index (χ1v) is 6.15. The average molecular weight is 199 g/mol. The van der Waals surface area contributed by atoms with Crippen molar-refractivity contribution < 1.29 is 8.95 Å². The van der Waals surface area contributed by atoms with Crippen LogP contribution in [0.15, 0.2) is 28.6 Å². The van der Waals surface area contributed by atoms with Gasteiger partial charge in [0, 0.05) is 28.3 Å². The Morgan fingerprint density at radius 2 is 2.08 bits per heavy atom. The van der Waals surface area contributed by atoms with Crippen molar-refractivity contribution in [3.05, 3.63) is 24.3 Å². The first-order valence-electron chi connectivity index (χ1n) is 3.82. The number of hydrogen-bond acceptors (Lipinski definition) is 3. The van der Waals surface area contributed by atoms with Crippen molar-refractivity contribution in [2.75, 3.05) is 19.6 Å². The third-order valence-corrected chi connectivity index (χ3v) is 2.03. The van der Waals surface area contributed by atoms with Crippen LogP contribution in [0.4, 0.5) is 5.69 Å². The van der Waals surface area contributed by atoms with Gasteiger partial charge in [0.15, 0.2) is 0 Å². The highest BCUT2D eigenvalue weighted by Crippen LogP contribution is 2.20. The molecule has 0 atom stereocenters. The third kappa shape index (κ3) is 3.46. The molecule has 0 radical (unpaired) electrons. The van der Waals surface area contributed by atoms with Gasteiger partial charge in [0.1, 0.15) is 5.75 Å². The minimum Gasteiger partial charge on any atom is -0.497 e. The van der Waals surface area contributed by atoms with Gasteiger partial charge >= 0.3 is 0 Å². The Morgan fingerprint density at radius 1 is 1.38 bits per heavy atom. The summed E-state index contributed by atoms with van der Waals surface area (Å²) in [6.07, 6.45) is 3.21. The molecule has 0 aliphatic heterocycles. The molecule has 3 nitrogen and oxygen atoms in total. The van der Waals surface area contributed by atoms with E-state index < -0.39 is 9.73 Å². The molecule has 0 N–H and O–H groups in total. The van der Waals surface area contributed by atoms with E-state index in [1.165, 1.54) is 0 Å². The van der Waals surface area contributed by atoms with E-state index in [0.717, 1.165) is 5.75 Å². The van der Waals surface area contributed by atoms with Crippen LogP contribution < -0.4 is 4.74 Å². The average Bonchev–Trinajstić information content (AvgIpc) is 2.01. The summed E-state index contributed by atoms with van der Waals surface area (Å²) in [5.41, 5.74) is 0.689. The fourth-order valence-electron chi connectivity index (χ4n) is 0.921. The third-order valence-electron chi connectivity index (χ3n) is 1.38. The molecule has 1 aromatic carbocycles. The predicted octanol–water partition coefficient (Wildman–Crippen LogP) is 2.05. The van der Waals surface area contributed by atoms with Gasteiger partial charge in [-0.1, -0.05) is 6.07 Å². The fraction of sp³-hybridized carbons (Fsp3) is 0.333. The lowest BCUT2D eigenvalue weighted by Crippen LogP contribution is -1.89. The lowest BCUT2D eigenvalue weighted by atomic mass is 10.3. The van der Waals surface area contributed by atoms with Crippen molar-refractivity contribution in [3.8, 4) is 5.75 Å². The molecule has 0 aliphatic rings. The topological polar surface area (TPSA) is 38.7 Å². The maximum absolute atomic E-state index is 11.3. The number of rotatable bonds is 2. The summed E-state index contributed by atoms with van der Waals surface area (Å²) in [5, 5.41) is 0. The summed E-state index contributed by atoms with van der Waals surface area (Å²) < 4.78 is 20.4. The second-order valence-corrected chi connectivity index (χ2v) is 5.52. The molecule has 0 saturated carbocycles. The Balaban J connectivity index is 3.11. The van der Waals surface area contributed by atoms with Gasteiger partial charge in [-0.15, -0.1) is 0 Å². The quantitative estimate of drug-likeness (QED) is 0.731. The zero-order valence-electron chi connectivity index (χ0n) is 7.98. The van der Waals surface area contributed by atoms with Crippen LogP contribution in [-0.2, 0) is 9.73 Å². The minimum absolute atomic E-state index is 0.689. The lowest BCUT2D eigenvalue weighted by Gasteiger charge is -2.00. The second kappa shape index (κ2) is 3.79. The zero-order chi connectivity index (χ0) is 9.90. The molecule has 0 saturated heterocycles. The maximum atomic E-state index is 11.3. The SMILES string of the molecule is COc1cccc(N=S(C)(C)=O)c1. The Labute approximate surface area is 78.9 Å². The minimum atomic E-state index is -2.08. The Kier molecular flexibility index (Phi) is 2.93. The molecule has 0 unspecified atom stereocenters. The van der Waals surface area contributed by atoms with E-state index in [4.69, 9.17) is 4.74 Å². The van der Waals surface area contributed by atoms with E-state index >= 15 is 0 Å². The van der Waals surface area contributed by atoms with Crippen LogP contribution >= 0.6 is 0 Å². The molecule has 0 aliphatic carbocycles. The first-order chi connectivity index (χ1) is 6.01. The highest BCUT2D eigenvalue weighted by atomic mass is 32.2.